The van der Waals surface area contributed by atoms with Crippen molar-refractivity contribution < 1.29 is 19.1 Å². The Hall–Kier alpha value is -2.54. The fraction of sp³-hybridized carbons (Fsp3) is 0.524. The van der Waals surface area contributed by atoms with Crippen LogP contribution in [0, 0.1) is 0 Å². The number of fused-ring (bicyclic) bond motifs is 5. The zero-order valence-corrected chi connectivity index (χ0v) is 16.3. The molecule has 4 heterocycles. The molecule has 1 aromatic carbocycles. The van der Waals surface area contributed by atoms with Gasteiger partial charge in [0.05, 0.1) is 25.5 Å². The number of aromatic nitrogens is 1. The lowest BCUT2D eigenvalue weighted by Gasteiger charge is -2.49. The van der Waals surface area contributed by atoms with Crippen molar-refractivity contribution in [3.05, 3.63) is 29.5 Å². The van der Waals surface area contributed by atoms with Crippen molar-refractivity contribution in [2.75, 3.05) is 33.4 Å². The molecule has 148 valence electrons. The molecule has 0 spiro atoms. The highest BCUT2D eigenvalue weighted by Gasteiger charge is 2.54. The van der Waals surface area contributed by atoms with Crippen LogP contribution in [0.2, 0.25) is 0 Å². The molecule has 28 heavy (non-hydrogen) atoms. The molecule has 7 heteroatoms. The zero-order chi connectivity index (χ0) is 19.5. The van der Waals surface area contributed by atoms with Gasteiger partial charge in [0.25, 0.3) is 5.91 Å². The van der Waals surface area contributed by atoms with Crippen LogP contribution in [-0.4, -0.2) is 66.1 Å². The number of nitrogens with zero attached hydrogens (tertiary/aromatic N) is 2. The molecule has 0 radical (unpaired) electrons. The van der Waals surface area contributed by atoms with Crippen LogP contribution in [0.1, 0.15) is 31.0 Å². The van der Waals surface area contributed by atoms with E-state index in [9.17, 15) is 9.59 Å². The summed E-state index contributed by atoms with van der Waals surface area (Å²) in [4.78, 5) is 33.4. The third kappa shape index (κ3) is 2.38. The van der Waals surface area contributed by atoms with Crippen LogP contribution in [-0.2, 0) is 26.3 Å². The van der Waals surface area contributed by atoms with Crippen molar-refractivity contribution in [1.29, 1.82) is 0 Å². The summed E-state index contributed by atoms with van der Waals surface area (Å²) in [6.45, 7) is 3.78. The first-order chi connectivity index (χ1) is 13.5. The normalized spacial score (nSPS) is 27.3. The summed E-state index contributed by atoms with van der Waals surface area (Å²) in [5.74, 6) is 0.761. The third-order valence-electron chi connectivity index (χ3n) is 6.50. The number of aromatic amines is 1. The molecule has 0 bridgehead atoms. The molecule has 2 saturated heterocycles. The molecule has 2 amide bonds. The number of rotatable bonds is 3. The van der Waals surface area contributed by atoms with Crippen LogP contribution in [0.4, 0.5) is 0 Å². The van der Waals surface area contributed by atoms with Crippen molar-refractivity contribution in [2.45, 2.75) is 37.8 Å². The number of hydrogen-bond acceptors (Lipinski definition) is 4. The average Bonchev–Trinajstić information content (AvgIpc) is 3.33. The van der Waals surface area contributed by atoms with Crippen LogP contribution in [0.25, 0.3) is 10.9 Å². The topological polar surface area (TPSA) is 74.9 Å². The molecule has 1 N–H and O–H groups in total. The molecule has 0 aliphatic carbocycles. The Labute approximate surface area is 163 Å². The van der Waals surface area contributed by atoms with Gasteiger partial charge in [-0.2, -0.15) is 0 Å². The minimum absolute atomic E-state index is 0.00184. The van der Waals surface area contributed by atoms with Gasteiger partial charge in [-0.1, -0.05) is 0 Å². The molecule has 3 aliphatic rings. The van der Waals surface area contributed by atoms with Gasteiger partial charge in [-0.05, 0) is 49.9 Å². The lowest BCUT2D eigenvalue weighted by atomic mass is 9.83. The van der Waals surface area contributed by atoms with E-state index in [-0.39, 0.29) is 24.5 Å². The van der Waals surface area contributed by atoms with Gasteiger partial charge >= 0.3 is 0 Å². The van der Waals surface area contributed by atoms with Crippen molar-refractivity contribution in [3.8, 4) is 5.75 Å². The molecule has 5 rings (SSSR count). The monoisotopic (exact) mass is 383 g/mol. The molecule has 2 fully saturated rings. The standard InChI is InChI=1S/C21H25N3O4/c1-21-19-15(16-10-13(27-2)5-6-17(16)22-19)7-8-24(21)18(25)12-23(20(21)26)11-14-4-3-9-28-14/h5-6,10,14,22H,3-4,7-9,11-12H2,1-2H3. The Morgan fingerprint density at radius 1 is 1.36 bits per heavy atom. The van der Waals surface area contributed by atoms with Gasteiger partial charge in [0.1, 0.15) is 5.75 Å². The SMILES string of the molecule is COc1ccc2[nH]c3c(c2c1)CCN1C(=O)CN(CC2CCCO2)C(=O)C31C. The molecular weight excluding hydrogens is 358 g/mol. The Balaban J connectivity index is 1.58. The Morgan fingerprint density at radius 2 is 2.21 bits per heavy atom. The summed E-state index contributed by atoms with van der Waals surface area (Å²) < 4.78 is 11.1. The van der Waals surface area contributed by atoms with E-state index in [2.05, 4.69) is 4.98 Å². The number of nitrogens with one attached hydrogen (secondary N) is 1. The Morgan fingerprint density at radius 3 is 2.96 bits per heavy atom. The first kappa shape index (κ1) is 17.6. The highest BCUT2D eigenvalue weighted by atomic mass is 16.5. The molecule has 2 aromatic rings. The summed E-state index contributed by atoms with van der Waals surface area (Å²) in [5, 5.41) is 1.06. The number of piperazine rings is 1. The van der Waals surface area contributed by atoms with Gasteiger partial charge in [0.15, 0.2) is 5.54 Å². The first-order valence-electron chi connectivity index (χ1n) is 9.93. The lowest BCUT2D eigenvalue weighted by Crippen LogP contribution is -2.67. The van der Waals surface area contributed by atoms with Crippen molar-refractivity contribution >= 4 is 22.7 Å². The van der Waals surface area contributed by atoms with Gasteiger partial charge in [0, 0.05) is 30.6 Å². The third-order valence-corrected chi connectivity index (χ3v) is 6.50. The first-order valence-corrected chi connectivity index (χ1v) is 9.93. The fourth-order valence-corrected chi connectivity index (χ4v) is 5.02. The second-order valence-corrected chi connectivity index (χ2v) is 8.08. The highest BCUT2D eigenvalue weighted by molar-refractivity contribution is 6.00. The summed E-state index contributed by atoms with van der Waals surface area (Å²) in [5.41, 5.74) is 1.89. The highest BCUT2D eigenvalue weighted by Crippen LogP contribution is 2.42. The summed E-state index contributed by atoms with van der Waals surface area (Å²) in [7, 11) is 1.65. The average molecular weight is 383 g/mol. The predicted octanol–water partition coefficient (Wildman–Crippen LogP) is 1.80. The molecule has 7 nitrogen and oxygen atoms in total. The number of benzene rings is 1. The van der Waals surface area contributed by atoms with E-state index < -0.39 is 5.54 Å². The molecule has 1 aromatic heterocycles. The zero-order valence-electron chi connectivity index (χ0n) is 16.3. The van der Waals surface area contributed by atoms with Gasteiger partial charge in [-0.3, -0.25) is 9.59 Å². The maximum Gasteiger partial charge on any atom is 0.255 e. The van der Waals surface area contributed by atoms with Crippen LogP contribution in [0.5, 0.6) is 5.75 Å². The Kier molecular flexibility index (Phi) is 3.91. The molecular formula is C21H25N3O4. The number of carbonyl (C=O) groups excluding carboxylic acids is 2. The number of H-pyrrole nitrogens is 1. The van der Waals surface area contributed by atoms with E-state index in [1.54, 1.807) is 16.9 Å². The summed E-state index contributed by atoms with van der Waals surface area (Å²) in [6.07, 6.45) is 2.71. The van der Waals surface area contributed by atoms with Gasteiger partial charge < -0.3 is 24.3 Å². The van der Waals surface area contributed by atoms with E-state index in [0.717, 1.165) is 53.8 Å². The lowest BCUT2D eigenvalue weighted by molar-refractivity contribution is -0.167. The van der Waals surface area contributed by atoms with Gasteiger partial charge in [-0.25, -0.2) is 0 Å². The molecule has 2 atom stereocenters. The van der Waals surface area contributed by atoms with E-state index in [1.165, 1.54) is 0 Å². The van der Waals surface area contributed by atoms with Crippen LogP contribution >= 0.6 is 0 Å². The molecule has 2 unspecified atom stereocenters. The van der Waals surface area contributed by atoms with E-state index in [0.29, 0.717) is 13.1 Å². The molecule has 3 aliphatic heterocycles. The van der Waals surface area contributed by atoms with Crippen LogP contribution in [0.3, 0.4) is 0 Å². The summed E-state index contributed by atoms with van der Waals surface area (Å²) >= 11 is 0. The maximum atomic E-state index is 13.6. The molecule has 0 saturated carbocycles. The minimum atomic E-state index is -1.01. The second-order valence-electron chi connectivity index (χ2n) is 8.08. The second kappa shape index (κ2) is 6.24. The van der Waals surface area contributed by atoms with Gasteiger partial charge in [0.2, 0.25) is 5.91 Å². The van der Waals surface area contributed by atoms with Crippen LogP contribution in [0.15, 0.2) is 18.2 Å². The van der Waals surface area contributed by atoms with E-state index in [4.69, 9.17) is 9.47 Å². The quantitative estimate of drug-likeness (QED) is 0.877. The number of methoxy groups -OCH3 is 1. The van der Waals surface area contributed by atoms with Crippen molar-refractivity contribution in [1.82, 2.24) is 14.8 Å². The van der Waals surface area contributed by atoms with Gasteiger partial charge in [-0.15, -0.1) is 0 Å². The maximum absolute atomic E-state index is 13.6. The van der Waals surface area contributed by atoms with Crippen molar-refractivity contribution in [3.63, 3.8) is 0 Å². The predicted molar refractivity (Wildman–Crippen MR) is 103 cm³/mol. The fourth-order valence-electron chi connectivity index (χ4n) is 5.02. The summed E-state index contributed by atoms with van der Waals surface area (Å²) in [6, 6.07) is 5.88. The smallest absolute Gasteiger partial charge is 0.255 e. The number of ether oxygens (including phenoxy) is 2. The largest absolute Gasteiger partial charge is 0.497 e. The number of amides is 2. The van der Waals surface area contributed by atoms with E-state index >= 15 is 0 Å². The minimum Gasteiger partial charge on any atom is -0.497 e. The van der Waals surface area contributed by atoms with E-state index in [1.807, 2.05) is 25.1 Å². The van der Waals surface area contributed by atoms with Crippen LogP contribution < -0.4 is 4.74 Å². The number of hydrogen-bond donors (Lipinski definition) is 1. The van der Waals surface area contributed by atoms with Crippen molar-refractivity contribution in [2.24, 2.45) is 0 Å². The number of carbonyl (C=O) groups is 2. The Bertz CT molecular complexity index is 962.